The van der Waals surface area contributed by atoms with Crippen molar-refractivity contribution in [3.63, 3.8) is 0 Å². The van der Waals surface area contributed by atoms with Crippen molar-refractivity contribution in [1.82, 2.24) is 10.2 Å². The maximum Gasteiger partial charge on any atom is 0.226 e. The van der Waals surface area contributed by atoms with Gasteiger partial charge in [0.05, 0.1) is 17.4 Å². The summed E-state index contributed by atoms with van der Waals surface area (Å²) in [6.07, 6.45) is 0.505. The summed E-state index contributed by atoms with van der Waals surface area (Å²) in [6, 6.07) is 0. The van der Waals surface area contributed by atoms with E-state index in [1.807, 2.05) is 0 Å². The average Bonchev–Trinajstić information content (AvgIpc) is 2.59. The number of sulfone groups is 1. The Morgan fingerprint density at radius 1 is 1.27 bits per heavy atom. The van der Waals surface area contributed by atoms with Crippen molar-refractivity contribution in [3.05, 3.63) is 0 Å². The van der Waals surface area contributed by atoms with Gasteiger partial charge in [-0.1, -0.05) is 0 Å². The Bertz CT molecular complexity index is 346. The molecule has 2 saturated heterocycles. The molecule has 15 heavy (non-hydrogen) atoms. The zero-order valence-corrected chi connectivity index (χ0v) is 9.42. The van der Waals surface area contributed by atoms with Crippen molar-refractivity contribution < 1.29 is 13.2 Å². The molecule has 2 heterocycles. The van der Waals surface area contributed by atoms with Crippen LogP contribution in [-0.4, -0.2) is 56.9 Å². The van der Waals surface area contributed by atoms with Crippen molar-refractivity contribution >= 4 is 15.7 Å². The van der Waals surface area contributed by atoms with Crippen molar-refractivity contribution in [2.24, 2.45) is 5.92 Å². The predicted octanol–water partition coefficient (Wildman–Crippen LogP) is -1.15. The SMILES string of the molecule is O=C(C1CCS(=O)(=O)C1)N1CCNCC1. The van der Waals surface area contributed by atoms with E-state index >= 15 is 0 Å². The van der Waals surface area contributed by atoms with Gasteiger partial charge in [0.25, 0.3) is 0 Å². The first kappa shape index (κ1) is 10.9. The Morgan fingerprint density at radius 2 is 1.93 bits per heavy atom. The molecule has 2 aliphatic rings. The van der Waals surface area contributed by atoms with Crippen molar-refractivity contribution in [2.75, 3.05) is 37.7 Å². The number of carbonyl (C=O) groups excluding carboxylic acids is 1. The first-order valence-corrected chi connectivity index (χ1v) is 7.10. The van der Waals surface area contributed by atoms with Crippen LogP contribution in [0.5, 0.6) is 0 Å². The largest absolute Gasteiger partial charge is 0.340 e. The Balaban J connectivity index is 1.96. The summed E-state index contributed by atoms with van der Waals surface area (Å²) in [6.45, 7) is 3.03. The fraction of sp³-hybridized carbons (Fsp3) is 0.889. The van der Waals surface area contributed by atoms with Crippen LogP contribution >= 0.6 is 0 Å². The number of hydrogen-bond donors (Lipinski definition) is 1. The lowest BCUT2D eigenvalue weighted by molar-refractivity contribution is -0.135. The molecule has 0 aromatic heterocycles. The van der Waals surface area contributed by atoms with E-state index in [1.165, 1.54) is 0 Å². The minimum Gasteiger partial charge on any atom is -0.340 e. The topological polar surface area (TPSA) is 66.5 Å². The number of amides is 1. The molecule has 1 amide bonds. The molecule has 1 unspecified atom stereocenters. The van der Waals surface area contributed by atoms with E-state index in [1.54, 1.807) is 4.90 Å². The van der Waals surface area contributed by atoms with Crippen LogP contribution in [0.15, 0.2) is 0 Å². The van der Waals surface area contributed by atoms with Gasteiger partial charge < -0.3 is 10.2 Å². The molecule has 0 radical (unpaired) electrons. The number of nitrogens with one attached hydrogen (secondary N) is 1. The number of rotatable bonds is 1. The van der Waals surface area contributed by atoms with E-state index in [0.29, 0.717) is 19.5 Å². The van der Waals surface area contributed by atoms with Gasteiger partial charge in [-0.05, 0) is 6.42 Å². The van der Waals surface area contributed by atoms with Crippen LogP contribution in [0.3, 0.4) is 0 Å². The minimum atomic E-state index is -2.94. The van der Waals surface area contributed by atoms with Crippen LogP contribution in [-0.2, 0) is 14.6 Å². The third-order valence-electron chi connectivity index (χ3n) is 3.01. The van der Waals surface area contributed by atoms with Crippen molar-refractivity contribution in [3.8, 4) is 0 Å². The molecule has 6 heteroatoms. The summed E-state index contributed by atoms with van der Waals surface area (Å²) in [4.78, 5) is 13.7. The minimum absolute atomic E-state index is 0.0255. The van der Waals surface area contributed by atoms with Crippen LogP contribution in [0, 0.1) is 5.92 Å². The standard InChI is InChI=1S/C9H16N2O3S/c12-9(11-4-2-10-3-5-11)8-1-6-15(13,14)7-8/h8,10H,1-7H2. The van der Waals surface area contributed by atoms with E-state index in [9.17, 15) is 13.2 Å². The van der Waals surface area contributed by atoms with Gasteiger partial charge in [-0.3, -0.25) is 4.79 Å². The molecule has 86 valence electrons. The summed E-state index contributed by atoms with van der Waals surface area (Å²) < 4.78 is 22.5. The van der Waals surface area contributed by atoms with E-state index in [0.717, 1.165) is 13.1 Å². The monoisotopic (exact) mass is 232 g/mol. The average molecular weight is 232 g/mol. The van der Waals surface area contributed by atoms with E-state index in [-0.39, 0.29) is 23.3 Å². The summed E-state index contributed by atoms with van der Waals surface area (Å²) in [5.74, 6) is -0.0312. The fourth-order valence-electron chi connectivity index (χ4n) is 2.13. The molecule has 0 aromatic rings. The highest BCUT2D eigenvalue weighted by molar-refractivity contribution is 7.91. The van der Waals surface area contributed by atoms with E-state index in [4.69, 9.17) is 0 Å². The number of piperazine rings is 1. The summed E-state index contributed by atoms with van der Waals surface area (Å²) in [5, 5.41) is 3.16. The lowest BCUT2D eigenvalue weighted by atomic mass is 10.1. The first-order chi connectivity index (χ1) is 7.08. The van der Waals surface area contributed by atoms with Crippen molar-refractivity contribution in [2.45, 2.75) is 6.42 Å². The van der Waals surface area contributed by atoms with Crippen LogP contribution in [0.2, 0.25) is 0 Å². The molecular formula is C9H16N2O3S. The molecule has 0 saturated carbocycles. The molecule has 0 bridgehead atoms. The lowest BCUT2D eigenvalue weighted by Gasteiger charge is -2.29. The molecule has 1 atom stereocenters. The predicted molar refractivity (Wildman–Crippen MR) is 56.2 cm³/mol. The van der Waals surface area contributed by atoms with Gasteiger partial charge in [0.15, 0.2) is 9.84 Å². The molecule has 0 aliphatic carbocycles. The third kappa shape index (κ3) is 2.49. The Labute approximate surface area is 89.7 Å². The van der Waals surface area contributed by atoms with Gasteiger partial charge in [-0.2, -0.15) is 0 Å². The molecule has 1 N–H and O–H groups in total. The zero-order valence-electron chi connectivity index (χ0n) is 8.61. The van der Waals surface area contributed by atoms with Gasteiger partial charge in [0, 0.05) is 26.2 Å². The molecule has 2 fully saturated rings. The highest BCUT2D eigenvalue weighted by atomic mass is 32.2. The molecular weight excluding hydrogens is 216 g/mol. The van der Waals surface area contributed by atoms with Crippen LogP contribution in [0.25, 0.3) is 0 Å². The highest BCUT2D eigenvalue weighted by Crippen LogP contribution is 2.20. The van der Waals surface area contributed by atoms with Gasteiger partial charge in [0.1, 0.15) is 0 Å². The Hall–Kier alpha value is -0.620. The van der Waals surface area contributed by atoms with Crippen molar-refractivity contribution in [1.29, 1.82) is 0 Å². The zero-order chi connectivity index (χ0) is 10.9. The van der Waals surface area contributed by atoms with Crippen LogP contribution in [0.4, 0.5) is 0 Å². The number of hydrogen-bond acceptors (Lipinski definition) is 4. The first-order valence-electron chi connectivity index (χ1n) is 5.28. The van der Waals surface area contributed by atoms with Gasteiger partial charge in [0.2, 0.25) is 5.91 Å². The fourth-order valence-corrected chi connectivity index (χ4v) is 3.87. The van der Waals surface area contributed by atoms with Gasteiger partial charge in [-0.15, -0.1) is 0 Å². The molecule has 2 rings (SSSR count). The molecule has 0 spiro atoms. The summed E-state index contributed by atoms with van der Waals surface area (Å²) in [5.41, 5.74) is 0. The number of carbonyl (C=O) groups is 1. The maximum atomic E-state index is 11.9. The normalized spacial score (nSPS) is 30.4. The summed E-state index contributed by atoms with van der Waals surface area (Å²) >= 11 is 0. The van der Waals surface area contributed by atoms with E-state index < -0.39 is 9.84 Å². The quantitative estimate of drug-likeness (QED) is 0.620. The van der Waals surface area contributed by atoms with Crippen LogP contribution < -0.4 is 5.32 Å². The Kier molecular flexibility index (Phi) is 2.97. The smallest absolute Gasteiger partial charge is 0.226 e. The molecule has 0 aromatic carbocycles. The second-order valence-electron chi connectivity index (χ2n) is 4.18. The maximum absolute atomic E-state index is 11.9. The summed E-state index contributed by atoms with van der Waals surface area (Å²) in [7, 11) is -2.94. The van der Waals surface area contributed by atoms with Crippen LogP contribution in [0.1, 0.15) is 6.42 Å². The van der Waals surface area contributed by atoms with Gasteiger partial charge in [-0.25, -0.2) is 8.42 Å². The Morgan fingerprint density at radius 3 is 2.47 bits per heavy atom. The lowest BCUT2D eigenvalue weighted by Crippen LogP contribution is -2.48. The second-order valence-corrected chi connectivity index (χ2v) is 6.40. The molecule has 5 nitrogen and oxygen atoms in total. The number of nitrogens with zero attached hydrogens (tertiary/aromatic N) is 1. The second kappa shape index (κ2) is 4.09. The highest BCUT2D eigenvalue weighted by Gasteiger charge is 2.35. The third-order valence-corrected chi connectivity index (χ3v) is 4.78. The van der Waals surface area contributed by atoms with Gasteiger partial charge >= 0.3 is 0 Å². The molecule has 2 aliphatic heterocycles. The van der Waals surface area contributed by atoms with E-state index in [2.05, 4.69) is 5.32 Å².